The van der Waals surface area contributed by atoms with Gasteiger partial charge in [0.2, 0.25) is 16.8 Å². The highest BCUT2D eigenvalue weighted by molar-refractivity contribution is 7.89. The van der Waals surface area contributed by atoms with Gasteiger partial charge in [0.15, 0.2) is 17.6 Å². The van der Waals surface area contributed by atoms with Gasteiger partial charge in [0.05, 0.1) is 15.6 Å². The van der Waals surface area contributed by atoms with E-state index in [1.807, 2.05) is 0 Å². The number of rotatable bonds is 7. The number of fused-ring (bicyclic) bond motifs is 1. The van der Waals surface area contributed by atoms with Crippen molar-refractivity contribution in [3.63, 3.8) is 0 Å². The molecule has 0 saturated carbocycles. The van der Waals surface area contributed by atoms with Crippen molar-refractivity contribution in [1.29, 1.82) is 0 Å². The van der Waals surface area contributed by atoms with Crippen molar-refractivity contribution < 1.29 is 32.2 Å². The summed E-state index contributed by atoms with van der Waals surface area (Å²) >= 11 is 6.18. The summed E-state index contributed by atoms with van der Waals surface area (Å²) in [6.45, 7) is 2.47. The number of carbonyl (C=O) groups excluding carboxylic acids is 2. The molecule has 11 heteroatoms. The first-order valence-electron chi connectivity index (χ1n) is 11.1. The van der Waals surface area contributed by atoms with E-state index in [9.17, 15) is 18.0 Å². The minimum atomic E-state index is -3.70. The maximum atomic E-state index is 12.9. The Bertz CT molecular complexity index is 1260. The van der Waals surface area contributed by atoms with Gasteiger partial charge in [0, 0.05) is 19.2 Å². The molecule has 0 aromatic heterocycles. The number of nitrogens with one attached hydrogen (secondary N) is 1. The highest BCUT2D eigenvalue weighted by Gasteiger charge is 2.27. The number of hydrogen-bond acceptors (Lipinski definition) is 7. The number of anilines is 1. The molecular formula is C24H25ClN2O7S. The van der Waals surface area contributed by atoms with Gasteiger partial charge in [-0.15, -0.1) is 0 Å². The summed E-state index contributed by atoms with van der Waals surface area (Å²) in [7, 11) is -3.70. The molecule has 0 unspecified atom stereocenters. The molecule has 35 heavy (non-hydrogen) atoms. The third kappa shape index (κ3) is 5.95. The van der Waals surface area contributed by atoms with Crippen molar-refractivity contribution in [3.05, 3.63) is 53.1 Å². The Kier molecular flexibility index (Phi) is 7.63. The van der Waals surface area contributed by atoms with Crippen LogP contribution in [0.25, 0.3) is 6.08 Å². The standard InChI is InChI=1S/C24H25ClN2O7S/c1-16(34-23(28)10-6-17-5-9-21-22(13-17)33-15-32-21)24(29)26-20-14-18(7-8-19(20)25)35(30,31)27-11-3-2-4-12-27/h5-10,13-14,16H,2-4,11-12,15H2,1H3,(H,26,29)/b10-6+/t16-/m0/s1. The lowest BCUT2D eigenvalue weighted by Gasteiger charge is -2.26. The Hall–Kier alpha value is -3.08. The van der Waals surface area contributed by atoms with Crippen LogP contribution in [-0.2, 0) is 24.3 Å². The van der Waals surface area contributed by atoms with Crippen LogP contribution in [0, 0.1) is 0 Å². The summed E-state index contributed by atoms with van der Waals surface area (Å²) in [5, 5.41) is 2.71. The molecular weight excluding hydrogens is 496 g/mol. The van der Waals surface area contributed by atoms with E-state index < -0.39 is 28.0 Å². The first-order chi connectivity index (χ1) is 16.7. The Morgan fingerprint density at radius 3 is 2.60 bits per heavy atom. The Morgan fingerprint density at radius 2 is 1.83 bits per heavy atom. The van der Waals surface area contributed by atoms with Crippen molar-refractivity contribution in [2.24, 2.45) is 0 Å². The molecule has 0 radical (unpaired) electrons. The Balaban J connectivity index is 1.38. The minimum Gasteiger partial charge on any atom is -0.454 e. The second-order valence-electron chi connectivity index (χ2n) is 8.12. The molecule has 2 aliphatic rings. The molecule has 0 aliphatic carbocycles. The van der Waals surface area contributed by atoms with Crippen molar-refractivity contribution in [1.82, 2.24) is 4.31 Å². The van der Waals surface area contributed by atoms with Gasteiger partial charge >= 0.3 is 5.97 Å². The number of carbonyl (C=O) groups is 2. The predicted molar refractivity (Wildman–Crippen MR) is 130 cm³/mol. The van der Waals surface area contributed by atoms with Crippen LogP contribution >= 0.6 is 11.6 Å². The number of amides is 1. The molecule has 0 bridgehead atoms. The molecule has 1 fully saturated rings. The second-order valence-corrected chi connectivity index (χ2v) is 10.5. The van der Waals surface area contributed by atoms with Crippen LogP contribution in [0.3, 0.4) is 0 Å². The fourth-order valence-electron chi connectivity index (χ4n) is 3.70. The molecule has 2 aromatic rings. The topological polar surface area (TPSA) is 111 Å². The third-order valence-corrected chi connectivity index (χ3v) is 7.84. The average molecular weight is 521 g/mol. The molecule has 9 nitrogen and oxygen atoms in total. The van der Waals surface area contributed by atoms with E-state index >= 15 is 0 Å². The monoisotopic (exact) mass is 520 g/mol. The lowest BCUT2D eigenvalue weighted by Crippen LogP contribution is -2.35. The lowest BCUT2D eigenvalue weighted by molar-refractivity contribution is -0.148. The van der Waals surface area contributed by atoms with Gasteiger partial charge in [-0.25, -0.2) is 13.2 Å². The van der Waals surface area contributed by atoms with Gasteiger partial charge in [-0.1, -0.05) is 24.1 Å². The van der Waals surface area contributed by atoms with E-state index in [0.717, 1.165) is 19.3 Å². The third-order valence-electron chi connectivity index (χ3n) is 5.62. The number of piperidine rings is 1. The molecule has 0 spiro atoms. The molecule has 1 saturated heterocycles. The van der Waals surface area contributed by atoms with Gasteiger partial charge in [-0.05, 0) is 61.7 Å². The number of benzene rings is 2. The van der Waals surface area contributed by atoms with E-state index in [1.54, 1.807) is 18.2 Å². The van der Waals surface area contributed by atoms with Crippen LogP contribution in [0.15, 0.2) is 47.4 Å². The van der Waals surface area contributed by atoms with Gasteiger partial charge in [0.1, 0.15) is 0 Å². The largest absolute Gasteiger partial charge is 0.454 e. The van der Waals surface area contributed by atoms with Crippen LogP contribution < -0.4 is 14.8 Å². The molecule has 2 aliphatic heterocycles. The summed E-state index contributed by atoms with van der Waals surface area (Å²) in [6, 6.07) is 9.34. The summed E-state index contributed by atoms with van der Waals surface area (Å²) < 4.78 is 43.0. The van der Waals surface area contributed by atoms with Crippen molar-refractivity contribution in [3.8, 4) is 11.5 Å². The van der Waals surface area contributed by atoms with Crippen molar-refractivity contribution in [2.45, 2.75) is 37.2 Å². The molecule has 1 atom stereocenters. The molecule has 1 N–H and O–H groups in total. The normalized spacial score (nSPS) is 16.7. The van der Waals surface area contributed by atoms with Gasteiger partial charge < -0.3 is 19.5 Å². The van der Waals surface area contributed by atoms with Gasteiger partial charge in [-0.2, -0.15) is 4.31 Å². The molecule has 1 amide bonds. The average Bonchev–Trinajstić information content (AvgIpc) is 3.32. The smallest absolute Gasteiger partial charge is 0.331 e. The quantitative estimate of drug-likeness (QED) is 0.436. The number of ether oxygens (including phenoxy) is 3. The fraction of sp³-hybridized carbons (Fsp3) is 0.333. The predicted octanol–water partition coefficient (Wildman–Crippen LogP) is 3.83. The molecule has 2 aromatic carbocycles. The van der Waals surface area contributed by atoms with E-state index in [1.165, 1.54) is 41.6 Å². The summed E-state index contributed by atoms with van der Waals surface area (Å²) in [5.41, 5.74) is 0.815. The van der Waals surface area contributed by atoms with Crippen LogP contribution in [0.4, 0.5) is 5.69 Å². The SMILES string of the molecule is C[C@H](OC(=O)/C=C/c1ccc2c(c1)OCO2)C(=O)Nc1cc(S(=O)(=O)N2CCCCC2)ccc1Cl. The molecule has 2 heterocycles. The van der Waals surface area contributed by atoms with Gasteiger partial charge in [-0.3, -0.25) is 4.79 Å². The zero-order valence-electron chi connectivity index (χ0n) is 19.0. The van der Waals surface area contributed by atoms with Crippen molar-refractivity contribution >= 4 is 45.3 Å². The summed E-state index contributed by atoms with van der Waals surface area (Å²) in [5.74, 6) is -0.168. The van der Waals surface area contributed by atoms with Crippen molar-refractivity contribution in [2.75, 3.05) is 25.2 Å². The number of nitrogens with zero attached hydrogens (tertiary/aromatic N) is 1. The Labute approximate surface area is 208 Å². The Morgan fingerprint density at radius 1 is 1.09 bits per heavy atom. The van der Waals surface area contributed by atoms with E-state index in [2.05, 4.69) is 5.32 Å². The number of hydrogen-bond donors (Lipinski definition) is 1. The number of sulfonamides is 1. The van der Waals surface area contributed by atoms with Crippen LogP contribution in [0.2, 0.25) is 5.02 Å². The van der Waals surface area contributed by atoms with Gasteiger partial charge in [0.25, 0.3) is 5.91 Å². The summed E-state index contributed by atoms with van der Waals surface area (Å²) in [4.78, 5) is 24.8. The summed E-state index contributed by atoms with van der Waals surface area (Å²) in [6.07, 6.45) is 4.18. The molecule has 186 valence electrons. The minimum absolute atomic E-state index is 0.0374. The van der Waals surface area contributed by atoms with Crippen LogP contribution in [0.1, 0.15) is 31.7 Å². The van der Waals surface area contributed by atoms with Crippen LogP contribution in [-0.4, -0.2) is 50.6 Å². The zero-order valence-corrected chi connectivity index (χ0v) is 20.6. The zero-order chi connectivity index (χ0) is 25.0. The van der Waals surface area contributed by atoms with Crippen LogP contribution in [0.5, 0.6) is 11.5 Å². The lowest BCUT2D eigenvalue weighted by atomic mass is 10.2. The van der Waals surface area contributed by atoms with E-state index in [4.69, 9.17) is 25.8 Å². The number of halogens is 1. The van der Waals surface area contributed by atoms with E-state index in [0.29, 0.717) is 30.2 Å². The fourth-order valence-corrected chi connectivity index (χ4v) is 5.41. The maximum absolute atomic E-state index is 12.9. The maximum Gasteiger partial charge on any atom is 0.331 e. The molecule has 4 rings (SSSR count). The first-order valence-corrected chi connectivity index (χ1v) is 12.9. The first kappa shape index (κ1) is 25.0. The van der Waals surface area contributed by atoms with E-state index in [-0.39, 0.29) is 22.4 Å². The highest BCUT2D eigenvalue weighted by atomic mass is 35.5. The number of esters is 1. The highest BCUT2D eigenvalue weighted by Crippen LogP contribution is 2.33. The second kappa shape index (κ2) is 10.7.